The minimum absolute atomic E-state index is 0.0470. The highest BCUT2D eigenvalue weighted by Gasteiger charge is 2.38. The molecule has 5 aromatic rings. The number of nitrogens with one attached hydrogen (secondary N) is 2. The van der Waals surface area contributed by atoms with Crippen molar-refractivity contribution < 1.29 is 23.6 Å². The first-order chi connectivity index (χ1) is 25.7. The van der Waals surface area contributed by atoms with Crippen molar-refractivity contribution in [3.63, 3.8) is 0 Å². The summed E-state index contributed by atoms with van der Waals surface area (Å²) in [7, 11) is 3.75. The fraction of sp³-hybridized carbons (Fsp3) is 0.286. The molecule has 53 heavy (non-hydrogen) atoms. The molecule has 4 amide bonds. The molecule has 11 heteroatoms. The number of halogens is 1. The Morgan fingerprint density at radius 1 is 0.774 bits per heavy atom. The van der Waals surface area contributed by atoms with E-state index in [4.69, 9.17) is 4.42 Å². The van der Waals surface area contributed by atoms with E-state index < -0.39 is 18.1 Å². The van der Waals surface area contributed by atoms with E-state index in [9.17, 15) is 19.2 Å². The lowest BCUT2D eigenvalue weighted by Gasteiger charge is -2.31. The lowest BCUT2D eigenvalue weighted by Crippen LogP contribution is -2.47. The predicted octanol–water partition coefficient (Wildman–Crippen LogP) is 7.27. The van der Waals surface area contributed by atoms with Crippen molar-refractivity contribution in [1.29, 1.82) is 0 Å². The average Bonchev–Trinajstić information content (AvgIpc) is 3.93. The van der Waals surface area contributed by atoms with Crippen LogP contribution < -0.4 is 10.6 Å². The molecule has 1 aromatic heterocycles. The second-order valence-electron chi connectivity index (χ2n) is 13.9. The Morgan fingerprint density at radius 2 is 1.36 bits per heavy atom. The molecule has 4 aromatic carbocycles. The number of likely N-dealkylation sites (tertiary alicyclic amines) is 2. The molecular weight excluding hydrogens is 734 g/mol. The molecule has 2 N–H and O–H groups in total. The van der Waals surface area contributed by atoms with Crippen LogP contribution in [0.3, 0.4) is 0 Å². The average molecular weight is 777 g/mol. The summed E-state index contributed by atoms with van der Waals surface area (Å²) in [5.41, 5.74) is 4.48. The van der Waals surface area contributed by atoms with Gasteiger partial charge in [0, 0.05) is 35.4 Å². The first-order valence-electron chi connectivity index (χ1n) is 18.0. The number of likely N-dealkylation sites (N-methyl/N-ethyl adjacent to an activating group) is 1. The Morgan fingerprint density at radius 3 is 2.02 bits per heavy atom. The predicted molar refractivity (Wildman–Crippen MR) is 209 cm³/mol. The number of anilines is 2. The van der Waals surface area contributed by atoms with Gasteiger partial charge < -0.3 is 24.9 Å². The minimum Gasteiger partial charge on any atom is -0.455 e. The second-order valence-corrected chi connectivity index (χ2v) is 14.7. The van der Waals surface area contributed by atoms with Gasteiger partial charge in [0.2, 0.25) is 23.6 Å². The normalized spacial score (nSPS) is 17.7. The number of rotatable bonds is 10. The van der Waals surface area contributed by atoms with Gasteiger partial charge in [0.25, 0.3) is 0 Å². The number of benzene rings is 4. The molecule has 0 bridgehead atoms. The van der Waals surface area contributed by atoms with Crippen molar-refractivity contribution in [2.24, 2.45) is 0 Å². The minimum atomic E-state index is -0.571. The third-order valence-electron chi connectivity index (χ3n) is 10.1. The number of furan rings is 1. The van der Waals surface area contributed by atoms with Gasteiger partial charge in [-0.25, -0.2) is 0 Å². The summed E-state index contributed by atoms with van der Waals surface area (Å²) < 4.78 is 6.96. The molecule has 7 rings (SSSR count). The van der Waals surface area contributed by atoms with Crippen LogP contribution in [0.2, 0.25) is 0 Å². The summed E-state index contributed by atoms with van der Waals surface area (Å²) in [6.45, 7) is 1.10. The Balaban J connectivity index is 1.01. The maximum Gasteiger partial charge on any atom is 0.247 e. The number of carbonyl (C=O) groups is 4. The molecule has 2 aliphatic heterocycles. The standard InChI is InChI=1S/C42H42BrN5O5/c1-46(2)38(28-13-7-4-8-14-28)42(52)48-24-10-16-34(48)41(51)45-31-21-22-35-32(26-31)37(43)39(53-35)29-17-19-30(20-18-29)44-40(50)33-15-9-23-47(33)36(49)25-27-11-5-3-6-12-27/h3-8,11-14,17-22,26,33-34,38H,9-10,15-16,23-25H2,1-2H3,(H,44,50)(H,45,51)/t33-,34-,38+/m0/s1. The number of carbonyl (C=O) groups excluding carboxylic acids is 4. The van der Waals surface area contributed by atoms with E-state index >= 15 is 0 Å². The van der Waals surface area contributed by atoms with Gasteiger partial charge in [-0.15, -0.1) is 0 Å². The van der Waals surface area contributed by atoms with E-state index in [0.717, 1.165) is 39.4 Å². The summed E-state index contributed by atoms with van der Waals surface area (Å²) >= 11 is 3.71. The first kappa shape index (κ1) is 36.1. The SMILES string of the molecule is CN(C)[C@@H](C(=O)N1CCC[C@H]1C(=O)Nc1ccc2oc(-c3ccc(NC(=O)[C@@H]4CCCN4C(=O)Cc4ccccc4)cc3)c(Br)c2c1)c1ccccc1. The first-order valence-corrected chi connectivity index (χ1v) is 18.8. The van der Waals surface area contributed by atoms with Crippen LogP contribution in [0.5, 0.6) is 0 Å². The van der Waals surface area contributed by atoms with E-state index in [1.54, 1.807) is 15.9 Å². The third kappa shape index (κ3) is 7.77. The molecular formula is C42H42BrN5O5. The molecule has 272 valence electrons. The van der Waals surface area contributed by atoms with Gasteiger partial charge in [-0.1, -0.05) is 60.7 Å². The highest BCUT2D eigenvalue weighted by atomic mass is 79.9. The zero-order valence-electron chi connectivity index (χ0n) is 29.8. The molecule has 3 atom stereocenters. The zero-order chi connectivity index (χ0) is 37.1. The fourth-order valence-electron chi connectivity index (χ4n) is 7.45. The highest BCUT2D eigenvalue weighted by Crippen LogP contribution is 2.39. The lowest BCUT2D eigenvalue weighted by atomic mass is 10.0. The molecule has 2 aliphatic rings. The quantitative estimate of drug-likeness (QED) is 0.154. The van der Waals surface area contributed by atoms with Crippen LogP contribution >= 0.6 is 15.9 Å². The molecule has 2 saturated heterocycles. The fourth-order valence-corrected chi connectivity index (χ4v) is 8.07. The Bertz CT molecular complexity index is 2120. The van der Waals surface area contributed by atoms with Gasteiger partial charge in [-0.05, 0) is 109 Å². The van der Waals surface area contributed by atoms with Crippen LogP contribution in [0, 0.1) is 0 Å². The Hall–Kier alpha value is -5.26. The summed E-state index contributed by atoms with van der Waals surface area (Å²) in [5, 5.41) is 6.82. The van der Waals surface area contributed by atoms with E-state index in [0.29, 0.717) is 48.6 Å². The summed E-state index contributed by atoms with van der Waals surface area (Å²) in [6.07, 6.45) is 3.03. The molecule has 10 nitrogen and oxygen atoms in total. The Labute approximate surface area is 317 Å². The molecule has 0 saturated carbocycles. The number of hydrogen-bond acceptors (Lipinski definition) is 6. The van der Waals surface area contributed by atoms with Crippen LogP contribution in [0.1, 0.15) is 42.9 Å². The van der Waals surface area contributed by atoms with Crippen LogP contribution in [0.4, 0.5) is 11.4 Å². The largest absolute Gasteiger partial charge is 0.455 e. The van der Waals surface area contributed by atoms with E-state index in [1.165, 1.54) is 0 Å². The van der Waals surface area contributed by atoms with Crippen molar-refractivity contribution >= 4 is 61.9 Å². The van der Waals surface area contributed by atoms with Crippen molar-refractivity contribution in [3.8, 4) is 11.3 Å². The van der Waals surface area contributed by atoms with Crippen LogP contribution in [-0.4, -0.2) is 77.6 Å². The molecule has 0 spiro atoms. The third-order valence-corrected chi connectivity index (χ3v) is 10.9. The van der Waals surface area contributed by atoms with Gasteiger partial charge in [0.05, 0.1) is 10.9 Å². The number of hydrogen-bond donors (Lipinski definition) is 2. The van der Waals surface area contributed by atoms with E-state index in [2.05, 4.69) is 26.6 Å². The van der Waals surface area contributed by atoms with Crippen LogP contribution in [0.15, 0.2) is 112 Å². The maximum absolute atomic E-state index is 13.8. The summed E-state index contributed by atoms with van der Waals surface area (Å²) in [5.74, 6) is 0.0540. The van der Waals surface area contributed by atoms with E-state index in [1.807, 2.05) is 116 Å². The highest BCUT2D eigenvalue weighted by molar-refractivity contribution is 9.10. The van der Waals surface area contributed by atoms with E-state index in [-0.39, 0.29) is 30.0 Å². The number of amides is 4. The molecule has 0 radical (unpaired) electrons. The molecule has 0 aliphatic carbocycles. The Kier molecular flexibility index (Phi) is 10.7. The van der Waals surface area contributed by atoms with Gasteiger partial charge in [-0.3, -0.25) is 24.1 Å². The van der Waals surface area contributed by atoms with Crippen molar-refractivity contribution in [1.82, 2.24) is 14.7 Å². The van der Waals surface area contributed by atoms with Crippen molar-refractivity contribution in [3.05, 3.63) is 119 Å². The summed E-state index contributed by atoms with van der Waals surface area (Å²) in [6, 6.07) is 30.5. The molecule has 2 fully saturated rings. The van der Waals surface area contributed by atoms with Crippen LogP contribution in [0.25, 0.3) is 22.3 Å². The van der Waals surface area contributed by atoms with Crippen molar-refractivity contribution in [2.45, 2.75) is 50.2 Å². The van der Waals surface area contributed by atoms with Gasteiger partial charge in [0.1, 0.15) is 29.5 Å². The van der Waals surface area contributed by atoms with Gasteiger partial charge >= 0.3 is 0 Å². The number of fused-ring (bicyclic) bond motifs is 1. The number of nitrogens with zero attached hydrogens (tertiary/aromatic N) is 3. The molecule has 0 unspecified atom stereocenters. The van der Waals surface area contributed by atoms with Gasteiger partial charge in [0.15, 0.2) is 0 Å². The maximum atomic E-state index is 13.8. The second kappa shape index (κ2) is 15.8. The summed E-state index contributed by atoms with van der Waals surface area (Å²) in [4.78, 5) is 59.0. The smallest absolute Gasteiger partial charge is 0.247 e. The van der Waals surface area contributed by atoms with Gasteiger partial charge in [-0.2, -0.15) is 0 Å². The zero-order valence-corrected chi connectivity index (χ0v) is 31.3. The topological polar surface area (TPSA) is 115 Å². The lowest BCUT2D eigenvalue weighted by molar-refractivity contribution is -0.140. The van der Waals surface area contributed by atoms with Crippen LogP contribution in [-0.2, 0) is 25.6 Å². The monoisotopic (exact) mass is 775 g/mol. The van der Waals surface area contributed by atoms with Crippen molar-refractivity contribution in [2.75, 3.05) is 37.8 Å². The molecule has 3 heterocycles.